The molecule has 0 spiro atoms. The van der Waals surface area contributed by atoms with Crippen LogP contribution in [0.4, 0.5) is 10.3 Å². The van der Waals surface area contributed by atoms with Gasteiger partial charge in [-0.25, -0.2) is 9.37 Å². The highest BCUT2D eigenvalue weighted by atomic mass is 35.5. The fraction of sp³-hybridized carbons (Fsp3) is 0.308. The first kappa shape index (κ1) is 11.5. The highest BCUT2D eigenvalue weighted by Crippen LogP contribution is 2.27. The van der Waals surface area contributed by atoms with Crippen LogP contribution in [-0.2, 0) is 0 Å². The lowest BCUT2D eigenvalue weighted by Crippen LogP contribution is -2.07. The summed E-state index contributed by atoms with van der Waals surface area (Å²) in [6, 6.07) is 4.96. The van der Waals surface area contributed by atoms with E-state index in [0.717, 1.165) is 24.5 Å². The summed E-state index contributed by atoms with van der Waals surface area (Å²) in [6.45, 7) is 1.91. The number of imidazole rings is 1. The molecule has 5 heteroatoms. The first-order valence-corrected chi connectivity index (χ1v) is 6.28. The smallest absolute Gasteiger partial charge is 0.207 e. The standard InChI is InChI=1S/C13H13ClFN3/c1-8-7-18(13(16-8)17-11-2-3-11)12-5-9(14)4-10(15)6-12/h4-7,11H,2-3H2,1H3,(H,16,17). The van der Waals surface area contributed by atoms with Crippen LogP contribution in [0, 0.1) is 12.7 Å². The van der Waals surface area contributed by atoms with Crippen LogP contribution >= 0.6 is 11.6 Å². The predicted octanol–water partition coefficient (Wildman–Crippen LogP) is 3.55. The van der Waals surface area contributed by atoms with E-state index in [0.29, 0.717) is 16.8 Å². The first-order valence-electron chi connectivity index (χ1n) is 5.91. The van der Waals surface area contributed by atoms with Gasteiger partial charge in [-0.15, -0.1) is 0 Å². The third-order valence-electron chi connectivity index (χ3n) is 2.86. The predicted molar refractivity (Wildman–Crippen MR) is 69.9 cm³/mol. The Morgan fingerprint density at radius 1 is 1.39 bits per heavy atom. The molecule has 0 radical (unpaired) electrons. The van der Waals surface area contributed by atoms with Gasteiger partial charge in [-0.05, 0) is 38.0 Å². The highest BCUT2D eigenvalue weighted by Gasteiger charge is 2.23. The summed E-state index contributed by atoms with van der Waals surface area (Å²) in [5, 5.41) is 3.71. The van der Waals surface area contributed by atoms with Crippen LogP contribution in [0.1, 0.15) is 18.5 Å². The van der Waals surface area contributed by atoms with Gasteiger partial charge in [0.2, 0.25) is 5.95 Å². The topological polar surface area (TPSA) is 29.9 Å². The molecule has 3 nitrogen and oxygen atoms in total. The molecule has 1 fully saturated rings. The Balaban J connectivity index is 2.03. The van der Waals surface area contributed by atoms with Gasteiger partial charge in [0.25, 0.3) is 0 Å². The Labute approximate surface area is 110 Å². The fourth-order valence-electron chi connectivity index (χ4n) is 1.89. The van der Waals surface area contributed by atoms with Crippen molar-refractivity contribution in [3.8, 4) is 5.69 Å². The maximum atomic E-state index is 13.4. The van der Waals surface area contributed by atoms with Crippen LogP contribution in [0.15, 0.2) is 24.4 Å². The molecule has 2 aromatic rings. The minimum atomic E-state index is -0.346. The minimum Gasteiger partial charge on any atom is -0.353 e. The first-order chi connectivity index (χ1) is 8.61. The molecular formula is C13H13ClFN3. The van der Waals surface area contributed by atoms with Crippen molar-refractivity contribution in [1.29, 1.82) is 0 Å². The summed E-state index contributed by atoms with van der Waals surface area (Å²) in [5.74, 6) is 0.401. The summed E-state index contributed by atoms with van der Waals surface area (Å²) in [4.78, 5) is 4.41. The molecule has 94 valence electrons. The average Bonchev–Trinajstić information content (AvgIpc) is 3.00. The van der Waals surface area contributed by atoms with Crippen LogP contribution in [0.3, 0.4) is 0 Å². The van der Waals surface area contributed by atoms with E-state index in [1.807, 2.05) is 17.7 Å². The molecular weight excluding hydrogens is 253 g/mol. The number of anilines is 1. The number of nitrogens with one attached hydrogen (secondary N) is 1. The van der Waals surface area contributed by atoms with E-state index in [9.17, 15) is 4.39 Å². The molecule has 1 aliphatic rings. The number of aryl methyl sites for hydroxylation is 1. The van der Waals surface area contributed by atoms with Crippen molar-refractivity contribution >= 4 is 17.5 Å². The van der Waals surface area contributed by atoms with Crippen molar-refractivity contribution < 1.29 is 4.39 Å². The van der Waals surface area contributed by atoms with Gasteiger partial charge in [-0.2, -0.15) is 0 Å². The second-order valence-electron chi connectivity index (χ2n) is 4.62. The zero-order chi connectivity index (χ0) is 12.7. The highest BCUT2D eigenvalue weighted by molar-refractivity contribution is 6.30. The van der Waals surface area contributed by atoms with Gasteiger partial charge in [0, 0.05) is 17.3 Å². The maximum absolute atomic E-state index is 13.4. The summed E-state index contributed by atoms with van der Waals surface area (Å²) >= 11 is 5.88. The number of nitrogens with zero attached hydrogens (tertiary/aromatic N) is 2. The summed E-state index contributed by atoms with van der Waals surface area (Å²) < 4.78 is 15.2. The van der Waals surface area contributed by atoms with E-state index in [1.165, 1.54) is 12.1 Å². The zero-order valence-electron chi connectivity index (χ0n) is 9.95. The van der Waals surface area contributed by atoms with Gasteiger partial charge in [0.05, 0.1) is 11.4 Å². The molecule has 0 unspecified atom stereocenters. The fourth-order valence-corrected chi connectivity index (χ4v) is 2.10. The van der Waals surface area contributed by atoms with Crippen LogP contribution < -0.4 is 5.32 Å². The normalized spacial score (nSPS) is 14.8. The number of benzene rings is 1. The van der Waals surface area contributed by atoms with Crippen LogP contribution in [0.25, 0.3) is 5.69 Å². The second kappa shape index (κ2) is 4.28. The maximum Gasteiger partial charge on any atom is 0.207 e. The van der Waals surface area contributed by atoms with E-state index in [4.69, 9.17) is 11.6 Å². The molecule has 1 aromatic carbocycles. The number of halogens is 2. The summed E-state index contributed by atoms with van der Waals surface area (Å²) in [6.07, 6.45) is 4.20. The van der Waals surface area contributed by atoms with Gasteiger partial charge < -0.3 is 5.32 Å². The number of rotatable bonds is 3. The van der Waals surface area contributed by atoms with E-state index in [1.54, 1.807) is 6.07 Å². The molecule has 18 heavy (non-hydrogen) atoms. The zero-order valence-corrected chi connectivity index (χ0v) is 10.7. The molecule has 1 N–H and O–H groups in total. The largest absolute Gasteiger partial charge is 0.353 e. The van der Waals surface area contributed by atoms with Crippen molar-refractivity contribution in [3.05, 3.63) is 40.9 Å². The number of aromatic nitrogens is 2. The lowest BCUT2D eigenvalue weighted by molar-refractivity contribution is 0.626. The van der Waals surface area contributed by atoms with Crippen LogP contribution in [-0.4, -0.2) is 15.6 Å². The quantitative estimate of drug-likeness (QED) is 0.920. The SMILES string of the molecule is Cc1cn(-c2cc(F)cc(Cl)c2)c(NC2CC2)n1. The molecule has 1 aliphatic carbocycles. The van der Waals surface area contributed by atoms with Crippen LogP contribution in [0.5, 0.6) is 0 Å². The lowest BCUT2D eigenvalue weighted by atomic mass is 10.3. The van der Waals surface area contributed by atoms with Gasteiger partial charge in [-0.3, -0.25) is 4.57 Å². The van der Waals surface area contributed by atoms with Crippen molar-refractivity contribution in [3.63, 3.8) is 0 Å². The molecule has 0 amide bonds. The Morgan fingerprint density at radius 2 is 2.17 bits per heavy atom. The summed E-state index contributed by atoms with van der Waals surface area (Å²) in [7, 11) is 0. The van der Waals surface area contributed by atoms with Crippen molar-refractivity contribution in [2.45, 2.75) is 25.8 Å². The van der Waals surface area contributed by atoms with Crippen LogP contribution in [0.2, 0.25) is 5.02 Å². The Hall–Kier alpha value is -1.55. The molecule has 1 heterocycles. The lowest BCUT2D eigenvalue weighted by Gasteiger charge is -2.09. The van der Waals surface area contributed by atoms with E-state index < -0.39 is 0 Å². The second-order valence-corrected chi connectivity index (χ2v) is 5.06. The van der Waals surface area contributed by atoms with Gasteiger partial charge in [-0.1, -0.05) is 11.6 Å². The van der Waals surface area contributed by atoms with Crippen molar-refractivity contribution in [2.24, 2.45) is 0 Å². The molecule has 3 rings (SSSR count). The van der Waals surface area contributed by atoms with Gasteiger partial charge >= 0.3 is 0 Å². The third-order valence-corrected chi connectivity index (χ3v) is 3.08. The molecule has 0 bridgehead atoms. The van der Waals surface area contributed by atoms with Crippen molar-refractivity contribution in [1.82, 2.24) is 9.55 Å². The number of hydrogen-bond donors (Lipinski definition) is 1. The molecule has 0 atom stereocenters. The monoisotopic (exact) mass is 265 g/mol. The van der Waals surface area contributed by atoms with E-state index in [-0.39, 0.29) is 5.82 Å². The molecule has 1 saturated carbocycles. The van der Waals surface area contributed by atoms with E-state index >= 15 is 0 Å². The molecule has 0 saturated heterocycles. The Bertz CT molecular complexity index is 570. The van der Waals surface area contributed by atoms with Gasteiger partial charge in [0.15, 0.2) is 0 Å². The summed E-state index contributed by atoms with van der Waals surface area (Å²) in [5.41, 5.74) is 1.57. The number of hydrogen-bond acceptors (Lipinski definition) is 2. The average molecular weight is 266 g/mol. The van der Waals surface area contributed by atoms with Gasteiger partial charge in [0.1, 0.15) is 5.82 Å². The van der Waals surface area contributed by atoms with Crippen molar-refractivity contribution in [2.75, 3.05) is 5.32 Å². The molecule has 0 aliphatic heterocycles. The molecule has 1 aromatic heterocycles. The Morgan fingerprint density at radius 3 is 2.83 bits per heavy atom. The van der Waals surface area contributed by atoms with E-state index in [2.05, 4.69) is 10.3 Å². The minimum absolute atomic E-state index is 0.346. The third kappa shape index (κ3) is 2.34. The Kier molecular flexibility index (Phi) is 2.74.